The number of carboxylic acid groups (broad SMARTS) is 2. The predicted molar refractivity (Wildman–Crippen MR) is 74.0 cm³/mol. The van der Waals surface area contributed by atoms with Gasteiger partial charge in [-0.15, -0.1) is 0 Å². The van der Waals surface area contributed by atoms with E-state index in [4.69, 9.17) is 10.2 Å². The molecule has 0 atom stereocenters. The van der Waals surface area contributed by atoms with Gasteiger partial charge in [-0.1, -0.05) is 18.2 Å². The van der Waals surface area contributed by atoms with Gasteiger partial charge >= 0.3 is 11.9 Å². The van der Waals surface area contributed by atoms with Gasteiger partial charge in [0.2, 0.25) is 0 Å². The number of rotatable bonds is 4. The largest absolute Gasteiger partial charge is 0.478 e. The molecule has 0 aliphatic rings. The number of hydrogen-bond donors (Lipinski definition) is 2. The summed E-state index contributed by atoms with van der Waals surface area (Å²) in [6.45, 7) is 0. The summed E-state index contributed by atoms with van der Waals surface area (Å²) in [6, 6.07) is 9.62. The number of aromatic carboxylic acids is 2. The number of benzene rings is 2. The number of para-hydroxylation sites is 1. The van der Waals surface area contributed by atoms with Crippen LogP contribution in [0.3, 0.4) is 0 Å². The Bertz CT molecular complexity index is 740. The lowest BCUT2D eigenvalue weighted by Gasteiger charge is -2.02. The first-order valence-corrected chi connectivity index (χ1v) is 5.88. The number of carboxylic acids is 2. The number of halogens is 1. The minimum absolute atomic E-state index is 0.108. The monoisotopic (exact) mass is 287 g/mol. The Morgan fingerprint density at radius 1 is 1.00 bits per heavy atom. The van der Waals surface area contributed by atoms with Crippen molar-refractivity contribution in [3.63, 3.8) is 0 Å². The summed E-state index contributed by atoms with van der Waals surface area (Å²) in [6.07, 6.45) is 1.27. The lowest BCUT2D eigenvalue weighted by molar-refractivity contribution is 0.0651. The van der Waals surface area contributed by atoms with Crippen LogP contribution in [0.2, 0.25) is 0 Å². The van der Waals surface area contributed by atoms with Gasteiger partial charge in [0.05, 0.1) is 16.8 Å². The second-order valence-corrected chi connectivity index (χ2v) is 4.12. The molecule has 5 nitrogen and oxygen atoms in total. The van der Waals surface area contributed by atoms with Crippen LogP contribution in [0.1, 0.15) is 26.3 Å². The molecule has 2 rings (SSSR count). The predicted octanol–water partition coefficient (Wildman–Crippen LogP) is 2.97. The van der Waals surface area contributed by atoms with Crippen molar-refractivity contribution in [1.82, 2.24) is 0 Å². The highest BCUT2D eigenvalue weighted by atomic mass is 19.1. The number of carbonyl (C=O) groups is 2. The van der Waals surface area contributed by atoms with Crippen LogP contribution in [0, 0.1) is 5.82 Å². The van der Waals surface area contributed by atoms with Crippen LogP contribution in [0.4, 0.5) is 10.1 Å². The van der Waals surface area contributed by atoms with E-state index < -0.39 is 17.8 Å². The Kier molecular flexibility index (Phi) is 4.08. The Labute approximate surface area is 119 Å². The second-order valence-electron chi connectivity index (χ2n) is 4.12. The van der Waals surface area contributed by atoms with Crippen molar-refractivity contribution in [1.29, 1.82) is 0 Å². The summed E-state index contributed by atoms with van der Waals surface area (Å²) in [4.78, 5) is 25.9. The molecule has 0 saturated heterocycles. The van der Waals surface area contributed by atoms with Crippen molar-refractivity contribution < 1.29 is 24.2 Å². The van der Waals surface area contributed by atoms with Crippen molar-refractivity contribution in [3.05, 3.63) is 65.0 Å². The molecule has 0 heterocycles. The zero-order valence-corrected chi connectivity index (χ0v) is 10.7. The van der Waals surface area contributed by atoms with E-state index in [1.807, 2.05) is 0 Å². The van der Waals surface area contributed by atoms with Crippen molar-refractivity contribution in [2.75, 3.05) is 0 Å². The molecule has 6 heteroatoms. The molecule has 2 aromatic rings. The highest BCUT2D eigenvalue weighted by Crippen LogP contribution is 2.17. The molecule has 0 bridgehead atoms. The van der Waals surface area contributed by atoms with E-state index >= 15 is 0 Å². The summed E-state index contributed by atoms with van der Waals surface area (Å²) < 4.78 is 13.4. The average Bonchev–Trinajstić information content (AvgIpc) is 2.46. The van der Waals surface area contributed by atoms with E-state index in [0.717, 1.165) is 0 Å². The summed E-state index contributed by atoms with van der Waals surface area (Å²) >= 11 is 0. The molecule has 0 fully saturated rings. The zero-order chi connectivity index (χ0) is 15.4. The molecule has 0 unspecified atom stereocenters. The molecular formula is C15H10FNO4. The van der Waals surface area contributed by atoms with Crippen LogP contribution in [-0.2, 0) is 0 Å². The molecule has 0 radical (unpaired) electrons. The number of hydrogen-bond acceptors (Lipinski definition) is 3. The second kappa shape index (κ2) is 5.96. The molecule has 21 heavy (non-hydrogen) atoms. The Morgan fingerprint density at radius 3 is 2.29 bits per heavy atom. The third-order valence-electron chi connectivity index (χ3n) is 2.71. The quantitative estimate of drug-likeness (QED) is 0.846. The topological polar surface area (TPSA) is 87.0 Å². The van der Waals surface area contributed by atoms with E-state index in [2.05, 4.69) is 4.99 Å². The van der Waals surface area contributed by atoms with Gasteiger partial charge in [-0.3, -0.25) is 4.99 Å². The van der Waals surface area contributed by atoms with Crippen molar-refractivity contribution in [3.8, 4) is 0 Å². The molecule has 0 aliphatic heterocycles. The number of aliphatic imine (C=N–C) groups is 1. The Hall–Kier alpha value is -3.02. The van der Waals surface area contributed by atoms with Crippen LogP contribution in [0.25, 0.3) is 0 Å². The fraction of sp³-hybridized carbons (Fsp3) is 0. The average molecular weight is 287 g/mol. The summed E-state index contributed by atoms with van der Waals surface area (Å²) in [5, 5.41) is 17.9. The van der Waals surface area contributed by atoms with Crippen molar-refractivity contribution in [2.24, 2.45) is 4.99 Å². The van der Waals surface area contributed by atoms with Gasteiger partial charge in [0.25, 0.3) is 0 Å². The van der Waals surface area contributed by atoms with Crippen LogP contribution in [0.5, 0.6) is 0 Å². The molecule has 0 spiro atoms. The summed E-state index contributed by atoms with van der Waals surface area (Å²) in [5.74, 6) is -3.19. The standard InChI is InChI=1S/C15H10FNO4/c16-12-3-1-2-4-13(12)17-8-9-5-6-10(14(18)19)11(7-9)15(20)21/h1-8H,(H,18,19)(H,20,21). The van der Waals surface area contributed by atoms with Gasteiger partial charge < -0.3 is 10.2 Å². The molecular weight excluding hydrogens is 277 g/mol. The van der Waals surface area contributed by atoms with E-state index in [0.29, 0.717) is 5.56 Å². The molecule has 0 aliphatic carbocycles. The van der Waals surface area contributed by atoms with Crippen LogP contribution in [0.15, 0.2) is 47.5 Å². The maximum absolute atomic E-state index is 13.4. The van der Waals surface area contributed by atoms with Crippen LogP contribution >= 0.6 is 0 Å². The zero-order valence-electron chi connectivity index (χ0n) is 10.7. The molecule has 0 aromatic heterocycles. The SMILES string of the molecule is O=C(O)c1ccc(C=Nc2ccccc2F)cc1C(=O)O. The van der Waals surface area contributed by atoms with Gasteiger partial charge in [0.15, 0.2) is 0 Å². The lowest BCUT2D eigenvalue weighted by Crippen LogP contribution is -2.08. The third kappa shape index (κ3) is 3.30. The maximum Gasteiger partial charge on any atom is 0.336 e. The molecule has 0 saturated carbocycles. The normalized spacial score (nSPS) is 10.7. The third-order valence-corrected chi connectivity index (χ3v) is 2.71. The fourth-order valence-corrected chi connectivity index (χ4v) is 1.71. The van der Waals surface area contributed by atoms with Gasteiger partial charge in [0.1, 0.15) is 5.82 Å². The van der Waals surface area contributed by atoms with Crippen LogP contribution < -0.4 is 0 Å². The molecule has 2 aromatic carbocycles. The smallest absolute Gasteiger partial charge is 0.336 e. The highest BCUT2D eigenvalue weighted by molar-refractivity contribution is 6.03. The minimum atomic E-state index is -1.35. The van der Waals surface area contributed by atoms with Gasteiger partial charge in [-0.2, -0.15) is 0 Å². The number of nitrogens with zero attached hydrogens (tertiary/aromatic N) is 1. The summed E-state index contributed by atoms with van der Waals surface area (Å²) in [5.41, 5.74) is -0.192. The van der Waals surface area contributed by atoms with Crippen molar-refractivity contribution in [2.45, 2.75) is 0 Å². The fourth-order valence-electron chi connectivity index (χ4n) is 1.71. The Morgan fingerprint density at radius 2 is 1.67 bits per heavy atom. The first-order valence-electron chi connectivity index (χ1n) is 5.88. The van der Waals surface area contributed by atoms with E-state index in [9.17, 15) is 14.0 Å². The molecule has 2 N–H and O–H groups in total. The summed E-state index contributed by atoms with van der Waals surface area (Å²) in [7, 11) is 0. The van der Waals surface area contributed by atoms with Gasteiger partial charge in [0, 0.05) is 6.21 Å². The van der Waals surface area contributed by atoms with Crippen molar-refractivity contribution >= 4 is 23.8 Å². The Balaban J connectivity index is 2.38. The minimum Gasteiger partial charge on any atom is -0.478 e. The van der Waals surface area contributed by atoms with Gasteiger partial charge in [-0.05, 0) is 29.8 Å². The molecule has 106 valence electrons. The maximum atomic E-state index is 13.4. The van der Waals surface area contributed by atoms with Crippen LogP contribution in [-0.4, -0.2) is 28.4 Å². The highest BCUT2D eigenvalue weighted by Gasteiger charge is 2.15. The van der Waals surface area contributed by atoms with E-state index in [-0.39, 0.29) is 16.8 Å². The first kappa shape index (κ1) is 14.4. The molecule has 0 amide bonds. The van der Waals surface area contributed by atoms with E-state index in [1.165, 1.54) is 42.6 Å². The lowest BCUT2D eigenvalue weighted by atomic mass is 10.0. The van der Waals surface area contributed by atoms with E-state index in [1.54, 1.807) is 6.07 Å². The first-order chi connectivity index (χ1) is 9.99. The van der Waals surface area contributed by atoms with Gasteiger partial charge in [-0.25, -0.2) is 14.0 Å².